The van der Waals surface area contributed by atoms with Gasteiger partial charge in [0, 0.05) is 17.9 Å². The summed E-state index contributed by atoms with van der Waals surface area (Å²) in [4.78, 5) is 46.0. The van der Waals surface area contributed by atoms with Crippen LogP contribution in [-0.4, -0.2) is 60.1 Å². The number of halogens is 1. The van der Waals surface area contributed by atoms with E-state index in [9.17, 15) is 19.5 Å². The number of carbonyl (C=O) groups excluding carboxylic acids is 2. The summed E-state index contributed by atoms with van der Waals surface area (Å²) in [7, 11) is 0. The first-order valence-electron chi connectivity index (χ1n) is 14.6. The molecule has 1 aromatic carbocycles. The predicted octanol–water partition coefficient (Wildman–Crippen LogP) is 2.78. The zero-order valence-electron chi connectivity index (χ0n) is 26.5. The van der Waals surface area contributed by atoms with Crippen LogP contribution in [0.25, 0.3) is 11.2 Å². The topological polar surface area (TPSA) is 185 Å². The Kier molecular flexibility index (Phi) is 7.50. The number of aliphatic hydroxyl groups excluding tert-OH is 1. The second-order valence-electron chi connectivity index (χ2n) is 12.6. The summed E-state index contributed by atoms with van der Waals surface area (Å²) in [5.74, 6) is 1.16. The Hall–Kier alpha value is -4.71. The van der Waals surface area contributed by atoms with Crippen molar-refractivity contribution in [1.82, 2.24) is 19.1 Å². The van der Waals surface area contributed by atoms with Crippen LogP contribution in [0.5, 0.6) is 5.75 Å². The van der Waals surface area contributed by atoms with E-state index in [1.54, 1.807) is 13.0 Å². The van der Waals surface area contributed by atoms with E-state index >= 15 is 0 Å². The van der Waals surface area contributed by atoms with E-state index in [0.29, 0.717) is 11.3 Å². The van der Waals surface area contributed by atoms with Crippen LogP contribution < -0.4 is 16.0 Å². The molecular weight excluding hydrogens is 634 g/mol. The minimum absolute atomic E-state index is 0.0715. The van der Waals surface area contributed by atoms with Gasteiger partial charge in [-0.2, -0.15) is 4.98 Å². The third-order valence-corrected chi connectivity index (χ3v) is 9.15. The predicted molar refractivity (Wildman–Crippen MR) is 164 cm³/mol. The average molecular weight is 666 g/mol. The molecule has 47 heavy (non-hydrogen) atoms. The average Bonchev–Trinajstić information content (AvgIpc) is 3.37. The van der Waals surface area contributed by atoms with Gasteiger partial charge < -0.3 is 32.7 Å². The van der Waals surface area contributed by atoms with Crippen LogP contribution in [0.4, 0.5) is 0 Å². The van der Waals surface area contributed by atoms with Crippen LogP contribution in [0, 0.1) is 38.5 Å². The summed E-state index contributed by atoms with van der Waals surface area (Å²) in [6, 6.07) is 2.78. The summed E-state index contributed by atoms with van der Waals surface area (Å²) in [6.45, 7) is 10.1. The number of hydrogen-bond acceptors (Lipinski definition) is 12. The van der Waals surface area contributed by atoms with Crippen molar-refractivity contribution < 1.29 is 37.7 Å². The lowest BCUT2D eigenvalue weighted by Crippen LogP contribution is -2.38. The van der Waals surface area contributed by atoms with Crippen LogP contribution in [-0.2, 0) is 31.0 Å². The Balaban J connectivity index is 1.34. The maximum Gasteiger partial charge on any atom is 0.519 e. The van der Waals surface area contributed by atoms with E-state index in [1.165, 1.54) is 22.4 Å². The zero-order valence-corrected chi connectivity index (χ0v) is 27.2. The molecule has 0 bridgehead atoms. The van der Waals surface area contributed by atoms with Crippen LogP contribution >= 0.6 is 11.6 Å². The van der Waals surface area contributed by atoms with Gasteiger partial charge in [-0.05, 0) is 49.6 Å². The number of aryl methyl sites for hydroxylation is 3. The molecule has 1 saturated carbocycles. The highest BCUT2D eigenvalue weighted by molar-refractivity contribution is 6.28. The highest BCUT2D eigenvalue weighted by atomic mass is 35.5. The molecule has 1 aliphatic heterocycles. The van der Waals surface area contributed by atoms with Gasteiger partial charge in [0.1, 0.15) is 29.2 Å². The first-order valence-corrected chi connectivity index (χ1v) is 15.0. The zero-order chi connectivity index (χ0) is 34.2. The number of benzene rings is 1. The fraction of sp³-hybridized carbons (Fsp3) is 0.438. The van der Waals surface area contributed by atoms with Gasteiger partial charge >= 0.3 is 17.8 Å². The fourth-order valence-electron chi connectivity index (χ4n) is 6.84. The first-order chi connectivity index (χ1) is 22.1. The smallest absolute Gasteiger partial charge is 0.449 e. The molecule has 2 fully saturated rings. The van der Waals surface area contributed by atoms with E-state index in [-0.39, 0.29) is 53.0 Å². The summed E-state index contributed by atoms with van der Waals surface area (Å²) >= 11 is 6.51. The van der Waals surface area contributed by atoms with Gasteiger partial charge in [0.05, 0.1) is 25.9 Å². The summed E-state index contributed by atoms with van der Waals surface area (Å²) < 4.78 is 30.3. The summed E-state index contributed by atoms with van der Waals surface area (Å²) in [5, 5.41) is 19.9. The van der Waals surface area contributed by atoms with Crippen molar-refractivity contribution in [1.29, 1.82) is 5.41 Å². The summed E-state index contributed by atoms with van der Waals surface area (Å²) in [5.41, 5.74) is -1.71. The second-order valence-corrected chi connectivity index (χ2v) is 12.9. The van der Waals surface area contributed by atoms with Gasteiger partial charge in [0.25, 0.3) is 0 Å². The lowest BCUT2D eigenvalue weighted by Gasteiger charge is -2.30. The number of ether oxygens (including phenoxy) is 3. The highest BCUT2D eigenvalue weighted by Crippen LogP contribution is 2.64. The van der Waals surface area contributed by atoms with E-state index in [2.05, 4.69) is 15.9 Å². The molecule has 1 saturated heterocycles. The molecule has 6 rings (SSSR count). The van der Waals surface area contributed by atoms with Gasteiger partial charge in [-0.1, -0.05) is 25.8 Å². The van der Waals surface area contributed by atoms with Gasteiger partial charge in [0.15, 0.2) is 16.9 Å². The van der Waals surface area contributed by atoms with Crippen LogP contribution in [0.15, 0.2) is 32.1 Å². The Morgan fingerprint density at radius 3 is 2.62 bits per heavy atom. The number of carbonyl (C=O) groups is 2. The Bertz CT molecular complexity index is 2140. The number of terminal acetylenes is 1. The van der Waals surface area contributed by atoms with Crippen molar-refractivity contribution in [2.24, 2.45) is 0 Å². The molecule has 1 aliphatic carbocycles. The molecule has 0 radical (unpaired) electrons. The van der Waals surface area contributed by atoms with Crippen molar-refractivity contribution in [3.63, 3.8) is 0 Å². The van der Waals surface area contributed by atoms with E-state index < -0.39 is 46.5 Å². The van der Waals surface area contributed by atoms with E-state index in [4.69, 9.17) is 46.5 Å². The molecule has 15 heteroatoms. The molecule has 4 aromatic rings. The number of nitrogens with one attached hydrogen (secondary N) is 1. The van der Waals surface area contributed by atoms with Gasteiger partial charge in [-0.3, -0.25) is 19.6 Å². The van der Waals surface area contributed by atoms with Gasteiger partial charge in [0.2, 0.25) is 16.5 Å². The van der Waals surface area contributed by atoms with E-state index in [0.717, 1.165) is 11.1 Å². The molecule has 2 N–H and O–H groups in total. The van der Waals surface area contributed by atoms with Gasteiger partial charge in [-0.25, -0.2) is 9.78 Å². The third kappa shape index (κ3) is 4.88. The third-order valence-electron chi connectivity index (χ3n) is 8.87. The molecule has 4 atom stereocenters. The molecular formula is C32H32ClN5O9. The molecule has 246 valence electrons. The van der Waals surface area contributed by atoms with Crippen molar-refractivity contribution in [3.05, 3.63) is 68.1 Å². The Labute approximate surface area is 272 Å². The number of fused-ring (bicyclic) bond motifs is 2. The normalized spacial score (nSPS) is 23.4. The molecule has 3 aromatic heterocycles. The second kappa shape index (κ2) is 10.9. The minimum Gasteiger partial charge on any atom is -0.449 e. The van der Waals surface area contributed by atoms with Crippen LogP contribution in [0.3, 0.4) is 0 Å². The number of imidazole rings is 1. The quantitative estimate of drug-likeness (QED) is 0.122. The summed E-state index contributed by atoms with van der Waals surface area (Å²) in [6.07, 6.45) is 5.69. The molecule has 2 aliphatic rings. The highest BCUT2D eigenvalue weighted by Gasteiger charge is 2.88. The van der Waals surface area contributed by atoms with Crippen LogP contribution in [0.2, 0.25) is 5.28 Å². The molecule has 2 unspecified atom stereocenters. The van der Waals surface area contributed by atoms with Crippen LogP contribution in [0.1, 0.15) is 61.4 Å². The lowest BCUT2D eigenvalue weighted by molar-refractivity contribution is -0.157. The SMILES string of the molecule is C#C[C@]12OCC(n3cnc4c(=N)n(Cc5oc(=O)oc5C)c(Cl)nc43)[C@@]1(OC(=O)CC(C)(C)c1c(C)cc(C)cc1OC(C)=O)C2O. The number of hydrogen-bond donors (Lipinski definition) is 2. The standard InChI is InChI=1S/C32H32ClN5O9/c1-8-31-27(41)32(31,47-22(40)11-30(6,7)23-16(3)9-15(2)10-19(23)45-18(5)39)21(13-43-31)38-14-35-24-25(34)37(28(33)36-26(24)38)12-20-17(4)44-29(42)46-20/h1,9-10,14,21,27,34,41H,11-13H2,2-7H3/t21?,27?,31-,32-/m1/s1. The lowest BCUT2D eigenvalue weighted by atomic mass is 9.78. The number of rotatable bonds is 8. The minimum atomic E-state index is -1.71. The number of nitrogens with zero attached hydrogens (tertiary/aromatic N) is 4. The maximum atomic E-state index is 13.8. The number of aromatic nitrogens is 4. The molecule has 0 spiro atoms. The first kappa shape index (κ1) is 32.2. The van der Waals surface area contributed by atoms with Crippen molar-refractivity contribution in [2.45, 2.75) is 83.3 Å². The molecule has 14 nitrogen and oxygen atoms in total. The van der Waals surface area contributed by atoms with Gasteiger partial charge in [-0.15, -0.1) is 6.42 Å². The Morgan fingerprint density at radius 1 is 1.28 bits per heavy atom. The van der Waals surface area contributed by atoms with Crippen molar-refractivity contribution >= 4 is 34.7 Å². The molecule has 0 amide bonds. The fourth-order valence-corrected chi connectivity index (χ4v) is 7.07. The van der Waals surface area contributed by atoms with Crippen molar-refractivity contribution in [3.8, 4) is 18.1 Å². The molecule has 4 heterocycles. The number of aliphatic hydroxyl groups is 1. The monoisotopic (exact) mass is 665 g/mol. The maximum absolute atomic E-state index is 13.8. The van der Waals surface area contributed by atoms with Crippen molar-refractivity contribution in [2.75, 3.05) is 6.61 Å². The van der Waals surface area contributed by atoms with E-state index in [1.807, 2.05) is 33.8 Å². The Morgan fingerprint density at radius 2 is 2.00 bits per heavy atom. The number of esters is 2. The largest absolute Gasteiger partial charge is 0.519 e.